The van der Waals surface area contributed by atoms with Gasteiger partial charge in [-0.05, 0) is 45.2 Å². The average Bonchev–Trinajstić information content (AvgIpc) is 2.27. The summed E-state index contributed by atoms with van der Waals surface area (Å²) >= 11 is 0. The second-order valence-electron chi connectivity index (χ2n) is 4.22. The third-order valence-corrected chi connectivity index (χ3v) is 2.82. The zero-order chi connectivity index (χ0) is 11.1. The summed E-state index contributed by atoms with van der Waals surface area (Å²) < 4.78 is 0. The first kappa shape index (κ1) is 12.2. The van der Waals surface area contributed by atoms with Crippen LogP contribution in [0, 0.1) is 5.92 Å². The number of carbonyl (C=O) groups excluding carboxylic acids is 1. The topological polar surface area (TPSA) is 41.1 Å². The molecule has 0 spiro atoms. The number of hydrogen-bond acceptors (Lipinski definition) is 2. The fourth-order valence-corrected chi connectivity index (χ4v) is 1.87. The molecule has 3 nitrogen and oxygen atoms in total. The average molecular weight is 210 g/mol. The molecule has 0 unspecified atom stereocenters. The highest BCUT2D eigenvalue weighted by Crippen LogP contribution is 2.08. The van der Waals surface area contributed by atoms with Gasteiger partial charge in [0.05, 0.1) is 0 Å². The Hall–Kier alpha value is -0.830. The van der Waals surface area contributed by atoms with Gasteiger partial charge in [0.1, 0.15) is 0 Å². The summed E-state index contributed by atoms with van der Waals surface area (Å²) in [4.78, 5) is 11.6. The molecule has 1 fully saturated rings. The molecular formula is C12H22N2O. The SMILES string of the molecule is CC/C=C(\C)C(=O)NC[C@@H]1CCCNC1. The van der Waals surface area contributed by atoms with Crippen LogP contribution in [0.4, 0.5) is 0 Å². The van der Waals surface area contributed by atoms with Crippen LogP contribution in [0.2, 0.25) is 0 Å². The highest BCUT2D eigenvalue weighted by molar-refractivity contribution is 5.92. The Morgan fingerprint density at radius 1 is 1.60 bits per heavy atom. The van der Waals surface area contributed by atoms with E-state index in [9.17, 15) is 4.79 Å². The standard InChI is InChI=1S/C12H22N2O/c1-3-5-10(2)12(15)14-9-11-6-4-7-13-8-11/h5,11,13H,3-4,6-9H2,1-2H3,(H,14,15)/b10-5+/t11-/m1/s1. The van der Waals surface area contributed by atoms with Crippen molar-refractivity contribution < 1.29 is 4.79 Å². The lowest BCUT2D eigenvalue weighted by Gasteiger charge is -2.22. The molecule has 1 aliphatic heterocycles. The van der Waals surface area contributed by atoms with Gasteiger partial charge in [0.15, 0.2) is 0 Å². The molecular weight excluding hydrogens is 188 g/mol. The molecule has 2 N–H and O–H groups in total. The molecule has 0 radical (unpaired) electrons. The Bertz CT molecular complexity index is 230. The van der Waals surface area contributed by atoms with Crippen LogP contribution in [0.1, 0.15) is 33.1 Å². The van der Waals surface area contributed by atoms with E-state index in [1.807, 2.05) is 19.9 Å². The van der Waals surface area contributed by atoms with Crippen LogP contribution < -0.4 is 10.6 Å². The second kappa shape index (κ2) is 6.62. The highest BCUT2D eigenvalue weighted by Gasteiger charge is 2.13. The van der Waals surface area contributed by atoms with Crippen molar-refractivity contribution in [1.82, 2.24) is 10.6 Å². The van der Waals surface area contributed by atoms with Gasteiger partial charge in [-0.15, -0.1) is 0 Å². The number of piperidine rings is 1. The van der Waals surface area contributed by atoms with Gasteiger partial charge in [0.2, 0.25) is 5.91 Å². The van der Waals surface area contributed by atoms with Gasteiger partial charge in [-0.1, -0.05) is 13.0 Å². The van der Waals surface area contributed by atoms with E-state index in [1.165, 1.54) is 12.8 Å². The van der Waals surface area contributed by atoms with Crippen LogP contribution in [0.3, 0.4) is 0 Å². The maximum atomic E-state index is 11.6. The Kier molecular flexibility index (Phi) is 5.40. The number of allylic oxidation sites excluding steroid dienone is 1. The molecule has 1 rings (SSSR count). The van der Waals surface area contributed by atoms with Crippen LogP contribution in [-0.2, 0) is 4.79 Å². The summed E-state index contributed by atoms with van der Waals surface area (Å²) in [6.45, 7) is 6.89. The second-order valence-corrected chi connectivity index (χ2v) is 4.22. The summed E-state index contributed by atoms with van der Waals surface area (Å²) in [6, 6.07) is 0. The highest BCUT2D eigenvalue weighted by atomic mass is 16.1. The fourth-order valence-electron chi connectivity index (χ4n) is 1.87. The lowest BCUT2D eigenvalue weighted by Crippen LogP contribution is -2.38. The van der Waals surface area contributed by atoms with E-state index in [0.29, 0.717) is 5.92 Å². The van der Waals surface area contributed by atoms with Gasteiger partial charge in [0, 0.05) is 12.1 Å². The van der Waals surface area contributed by atoms with E-state index in [0.717, 1.165) is 31.6 Å². The molecule has 0 aromatic rings. The van der Waals surface area contributed by atoms with Gasteiger partial charge in [-0.25, -0.2) is 0 Å². The predicted molar refractivity (Wildman–Crippen MR) is 62.7 cm³/mol. The predicted octanol–water partition coefficient (Wildman–Crippen LogP) is 1.46. The maximum absolute atomic E-state index is 11.6. The smallest absolute Gasteiger partial charge is 0.246 e. The monoisotopic (exact) mass is 210 g/mol. The first-order valence-corrected chi connectivity index (χ1v) is 5.89. The van der Waals surface area contributed by atoms with E-state index in [4.69, 9.17) is 0 Å². The number of rotatable bonds is 4. The Morgan fingerprint density at radius 2 is 2.40 bits per heavy atom. The molecule has 0 aromatic carbocycles. The third kappa shape index (κ3) is 4.47. The zero-order valence-electron chi connectivity index (χ0n) is 9.81. The van der Waals surface area contributed by atoms with E-state index in [1.54, 1.807) is 0 Å². The van der Waals surface area contributed by atoms with Crippen molar-refractivity contribution in [1.29, 1.82) is 0 Å². The molecule has 1 amide bonds. The van der Waals surface area contributed by atoms with Crippen molar-refractivity contribution >= 4 is 5.91 Å². The molecule has 3 heteroatoms. The lowest BCUT2D eigenvalue weighted by molar-refractivity contribution is -0.117. The van der Waals surface area contributed by atoms with E-state index in [2.05, 4.69) is 10.6 Å². The lowest BCUT2D eigenvalue weighted by atomic mass is 10.00. The molecule has 0 saturated carbocycles. The molecule has 1 heterocycles. The molecule has 15 heavy (non-hydrogen) atoms. The van der Waals surface area contributed by atoms with Crippen LogP contribution >= 0.6 is 0 Å². The van der Waals surface area contributed by atoms with Gasteiger partial charge >= 0.3 is 0 Å². The largest absolute Gasteiger partial charge is 0.352 e. The molecule has 0 bridgehead atoms. The maximum Gasteiger partial charge on any atom is 0.246 e. The van der Waals surface area contributed by atoms with E-state index in [-0.39, 0.29) is 5.91 Å². The molecule has 1 atom stereocenters. The molecule has 86 valence electrons. The molecule has 0 aliphatic carbocycles. The Labute approximate surface area is 92.3 Å². The van der Waals surface area contributed by atoms with Gasteiger partial charge < -0.3 is 10.6 Å². The van der Waals surface area contributed by atoms with Gasteiger partial charge in [0.25, 0.3) is 0 Å². The minimum atomic E-state index is 0.0856. The summed E-state index contributed by atoms with van der Waals surface area (Å²) in [5.74, 6) is 0.694. The first-order chi connectivity index (χ1) is 7.24. The van der Waals surface area contributed by atoms with Crippen LogP contribution in [0.25, 0.3) is 0 Å². The minimum Gasteiger partial charge on any atom is -0.352 e. The normalized spacial score (nSPS) is 22.5. The van der Waals surface area contributed by atoms with Crippen LogP contribution in [-0.4, -0.2) is 25.5 Å². The van der Waals surface area contributed by atoms with E-state index >= 15 is 0 Å². The van der Waals surface area contributed by atoms with Crippen molar-refractivity contribution in [2.75, 3.05) is 19.6 Å². The minimum absolute atomic E-state index is 0.0856. The summed E-state index contributed by atoms with van der Waals surface area (Å²) in [5, 5.41) is 6.34. The summed E-state index contributed by atoms with van der Waals surface area (Å²) in [6.07, 6.45) is 5.34. The van der Waals surface area contributed by atoms with Crippen molar-refractivity contribution in [2.24, 2.45) is 5.92 Å². The third-order valence-electron chi connectivity index (χ3n) is 2.82. The van der Waals surface area contributed by atoms with Crippen molar-refractivity contribution in [3.8, 4) is 0 Å². The van der Waals surface area contributed by atoms with Gasteiger partial charge in [-0.2, -0.15) is 0 Å². The van der Waals surface area contributed by atoms with Crippen LogP contribution in [0.5, 0.6) is 0 Å². The number of amides is 1. The number of nitrogens with one attached hydrogen (secondary N) is 2. The number of carbonyl (C=O) groups is 1. The fraction of sp³-hybridized carbons (Fsp3) is 0.750. The van der Waals surface area contributed by atoms with E-state index < -0.39 is 0 Å². The molecule has 0 aromatic heterocycles. The Balaban J connectivity index is 2.23. The quantitative estimate of drug-likeness (QED) is 0.690. The molecule has 1 saturated heterocycles. The first-order valence-electron chi connectivity index (χ1n) is 5.89. The Morgan fingerprint density at radius 3 is 3.00 bits per heavy atom. The van der Waals surface area contributed by atoms with Crippen molar-refractivity contribution in [3.05, 3.63) is 11.6 Å². The zero-order valence-corrected chi connectivity index (χ0v) is 9.81. The van der Waals surface area contributed by atoms with Crippen LogP contribution in [0.15, 0.2) is 11.6 Å². The van der Waals surface area contributed by atoms with Crippen molar-refractivity contribution in [2.45, 2.75) is 33.1 Å². The molecule has 1 aliphatic rings. The van der Waals surface area contributed by atoms with Gasteiger partial charge in [-0.3, -0.25) is 4.79 Å². The number of hydrogen-bond donors (Lipinski definition) is 2. The summed E-state index contributed by atoms with van der Waals surface area (Å²) in [7, 11) is 0. The van der Waals surface area contributed by atoms with Crippen molar-refractivity contribution in [3.63, 3.8) is 0 Å². The summed E-state index contributed by atoms with van der Waals surface area (Å²) in [5.41, 5.74) is 0.835.